The van der Waals surface area contributed by atoms with Gasteiger partial charge in [-0.1, -0.05) is 0 Å². The standard InChI is InChI=1S/C23H28BrN3O4.2ClH.H2O/c1-5-27(17-8-11-20(29-3)21(12-17)30-4)13-18(28)14-31-19-9-6-16(7-10-19)23-25-15(2)22(24)26-23;;;/h6-12,18,28H,5,13-14H2,1-4H3,(H,25,26);2*1H;1H2/t18-;;;/m0.../s1. The van der Waals surface area contributed by atoms with E-state index in [0.717, 1.165) is 33.9 Å². The van der Waals surface area contributed by atoms with Gasteiger partial charge in [-0.3, -0.25) is 0 Å². The molecule has 11 heteroatoms. The lowest BCUT2D eigenvalue weighted by Crippen LogP contribution is -2.35. The number of nitrogens with zero attached hydrogens (tertiary/aromatic N) is 2. The quantitative estimate of drug-likeness (QED) is 0.366. The fourth-order valence-electron chi connectivity index (χ4n) is 3.22. The number of aromatic nitrogens is 2. The van der Waals surface area contributed by atoms with Gasteiger partial charge in [0.15, 0.2) is 11.5 Å². The second-order valence-electron chi connectivity index (χ2n) is 7.07. The van der Waals surface area contributed by atoms with Crippen LogP contribution in [0.2, 0.25) is 0 Å². The lowest BCUT2D eigenvalue weighted by Gasteiger charge is -2.26. The maximum Gasteiger partial charge on any atom is 0.162 e. The number of benzene rings is 2. The second-order valence-corrected chi connectivity index (χ2v) is 7.82. The van der Waals surface area contributed by atoms with E-state index in [1.165, 1.54) is 0 Å². The number of aromatic amines is 1. The van der Waals surface area contributed by atoms with Gasteiger partial charge in [0, 0.05) is 36.1 Å². The summed E-state index contributed by atoms with van der Waals surface area (Å²) in [6.07, 6.45) is -0.656. The first-order valence-electron chi connectivity index (χ1n) is 10.1. The van der Waals surface area contributed by atoms with Crippen molar-refractivity contribution in [2.45, 2.75) is 20.0 Å². The lowest BCUT2D eigenvalue weighted by molar-refractivity contribution is 0.112. The zero-order valence-electron chi connectivity index (χ0n) is 19.5. The van der Waals surface area contributed by atoms with Gasteiger partial charge in [-0.05, 0) is 66.2 Å². The zero-order valence-corrected chi connectivity index (χ0v) is 22.7. The number of imidazole rings is 1. The number of aliphatic hydroxyl groups excluding tert-OH is 1. The molecule has 0 bridgehead atoms. The molecule has 0 aliphatic rings. The van der Waals surface area contributed by atoms with Gasteiger partial charge in [-0.2, -0.15) is 0 Å². The molecule has 1 aromatic heterocycles. The fraction of sp³-hybridized carbons (Fsp3) is 0.348. The molecule has 0 aliphatic carbocycles. The molecule has 1 heterocycles. The zero-order chi connectivity index (χ0) is 22.4. The van der Waals surface area contributed by atoms with Crippen molar-refractivity contribution in [3.05, 3.63) is 52.8 Å². The Kier molecular flexibility index (Phi) is 14.0. The van der Waals surface area contributed by atoms with Gasteiger partial charge in [0.25, 0.3) is 0 Å². The summed E-state index contributed by atoms with van der Waals surface area (Å²) in [6.45, 7) is 5.36. The molecule has 0 aliphatic heterocycles. The van der Waals surface area contributed by atoms with Crippen LogP contribution in [0.3, 0.4) is 0 Å². The molecule has 2 aromatic carbocycles. The topological polar surface area (TPSA) is 111 Å². The van der Waals surface area contributed by atoms with Gasteiger partial charge in [0.2, 0.25) is 0 Å². The van der Waals surface area contributed by atoms with Crippen LogP contribution in [0, 0.1) is 6.92 Å². The van der Waals surface area contributed by atoms with Crippen molar-refractivity contribution >= 4 is 46.4 Å². The van der Waals surface area contributed by atoms with E-state index in [2.05, 4.69) is 30.8 Å². The maximum absolute atomic E-state index is 10.5. The number of hydrogen-bond donors (Lipinski definition) is 2. The van der Waals surface area contributed by atoms with Crippen molar-refractivity contribution in [3.8, 4) is 28.6 Å². The fourth-order valence-corrected chi connectivity index (χ4v) is 3.50. The Morgan fingerprint density at radius 3 is 2.24 bits per heavy atom. The number of ether oxygens (including phenoxy) is 3. The molecule has 3 rings (SSSR count). The first-order valence-corrected chi connectivity index (χ1v) is 10.8. The van der Waals surface area contributed by atoms with Gasteiger partial charge in [-0.25, -0.2) is 4.98 Å². The molecule has 0 saturated heterocycles. The third-order valence-corrected chi connectivity index (χ3v) is 5.71. The van der Waals surface area contributed by atoms with Crippen molar-refractivity contribution in [3.63, 3.8) is 0 Å². The van der Waals surface area contributed by atoms with Gasteiger partial charge < -0.3 is 34.7 Å². The SMILES string of the molecule is CCN(C[C@H](O)COc1ccc(-c2nc(Br)c(C)[nH]2)cc1)c1ccc(OC)c(OC)c1.Cl.Cl.O. The van der Waals surface area contributed by atoms with E-state index in [0.29, 0.717) is 23.8 Å². The summed E-state index contributed by atoms with van der Waals surface area (Å²) in [7, 11) is 3.22. The Morgan fingerprint density at radius 1 is 1.06 bits per heavy atom. The molecule has 0 fully saturated rings. The monoisotopic (exact) mass is 579 g/mol. The number of nitrogens with one attached hydrogen (secondary N) is 1. The van der Waals surface area contributed by atoms with E-state index in [4.69, 9.17) is 14.2 Å². The van der Waals surface area contributed by atoms with Gasteiger partial charge in [0.1, 0.15) is 28.9 Å². The molecule has 1 atom stereocenters. The van der Waals surface area contributed by atoms with Gasteiger partial charge >= 0.3 is 0 Å². The van der Waals surface area contributed by atoms with Crippen LogP contribution in [-0.4, -0.2) is 60.6 Å². The van der Waals surface area contributed by atoms with E-state index in [9.17, 15) is 5.11 Å². The lowest BCUT2D eigenvalue weighted by atomic mass is 10.2. The van der Waals surface area contributed by atoms with Crippen LogP contribution in [0.1, 0.15) is 12.6 Å². The molecule has 3 aromatic rings. The van der Waals surface area contributed by atoms with E-state index in [1.807, 2.05) is 56.3 Å². The van der Waals surface area contributed by atoms with Crippen molar-refractivity contribution in [2.75, 3.05) is 38.8 Å². The summed E-state index contributed by atoms with van der Waals surface area (Å²) in [5, 5.41) is 10.5. The molecule has 0 radical (unpaired) electrons. The molecular formula is C23H32BrCl2N3O5. The Bertz CT molecular complexity index is 985. The number of aryl methyl sites for hydroxylation is 1. The molecule has 190 valence electrons. The molecule has 0 unspecified atom stereocenters. The predicted molar refractivity (Wildman–Crippen MR) is 144 cm³/mol. The normalized spacial score (nSPS) is 10.8. The average Bonchev–Trinajstić information content (AvgIpc) is 3.14. The molecule has 0 saturated carbocycles. The first-order chi connectivity index (χ1) is 14.9. The molecule has 0 amide bonds. The summed E-state index contributed by atoms with van der Waals surface area (Å²) >= 11 is 3.41. The number of halogens is 3. The van der Waals surface area contributed by atoms with E-state index in [-0.39, 0.29) is 36.9 Å². The highest BCUT2D eigenvalue weighted by atomic mass is 79.9. The van der Waals surface area contributed by atoms with Crippen LogP contribution < -0.4 is 19.1 Å². The largest absolute Gasteiger partial charge is 0.493 e. The number of methoxy groups -OCH3 is 2. The first kappa shape index (κ1) is 31.8. The Balaban J connectivity index is 0.00000363. The Labute approximate surface area is 220 Å². The van der Waals surface area contributed by atoms with Gasteiger partial charge in [-0.15, -0.1) is 24.8 Å². The van der Waals surface area contributed by atoms with E-state index >= 15 is 0 Å². The van der Waals surface area contributed by atoms with Crippen LogP contribution in [0.4, 0.5) is 5.69 Å². The van der Waals surface area contributed by atoms with Gasteiger partial charge in [0.05, 0.1) is 14.2 Å². The van der Waals surface area contributed by atoms with Crippen molar-refractivity contribution < 1.29 is 24.8 Å². The smallest absolute Gasteiger partial charge is 0.162 e. The van der Waals surface area contributed by atoms with Crippen LogP contribution in [0.25, 0.3) is 11.4 Å². The molecule has 4 N–H and O–H groups in total. The highest BCUT2D eigenvalue weighted by molar-refractivity contribution is 9.10. The number of H-pyrrole nitrogens is 1. The number of anilines is 1. The average molecular weight is 581 g/mol. The maximum atomic E-state index is 10.5. The minimum absolute atomic E-state index is 0. The highest BCUT2D eigenvalue weighted by Gasteiger charge is 2.15. The minimum Gasteiger partial charge on any atom is -0.493 e. The Hall–Kier alpha value is -2.17. The van der Waals surface area contributed by atoms with Crippen LogP contribution in [0.15, 0.2) is 47.1 Å². The third kappa shape index (κ3) is 7.95. The van der Waals surface area contributed by atoms with Crippen LogP contribution in [-0.2, 0) is 0 Å². The predicted octanol–water partition coefficient (Wildman–Crippen LogP) is 4.45. The number of hydrogen-bond acceptors (Lipinski definition) is 6. The summed E-state index contributed by atoms with van der Waals surface area (Å²) in [4.78, 5) is 9.73. The molecule has 34 heavy (non-hydrogen) atoms. The summed E-state index contributed by atoms with van der Waals surface area (Å²) in [5.74, 6) is 2.82. The summed E-state index contributed by atoms with van der Waals surface area (Å²) < 4.78 is 17.3. The minimum atomic E-state index is -0.656. The molecular weight excluding hydrogens is 549 g/mol. The summed E-state index contributed by atoms with van der Waals surface area (Å²) in [6, 6.07) is 13.3. The van der Waals surface area contributed by atoms with Crippen LogP contribution >= 0.6 is 40.7 Å². The number of aliphatic hydroxyl groups is 1. The second kappa shape index (κ2) is 15.0. The number of rotatable bonds is 10. The Morgan fingerprint density at radius 2 is 1.71 bits per heavy atom. The van der Waals surface area contributed by atoms with E-state index in [1.54, 1.807) is 14.2 Å². The summed E-state index contributed by atoms with van der Waals surface area (Å²) in [5.41, 5.74) is 2.89. The van der Waals surface area contributed by atoms with Crippen molar-refractivity contribution in [1.82, 2.24) is 9.97 Å². The van der Waals surface area contributed by atoms with Crippen molar-refractivity contribution in [1.29, 1.82) is 0 Å². The molecule has 0 spiro atoms. The van der Waals surface area contributed by atoms with E-state index < -0.39 is 6.10 Å². The number of likely N-dealkylation sites (N-methyl/N-ethyl adjacent to an activating group) is 1. The highest BCUT2D eigenvalue weighted by Crippen LogP contribution is 2.31. The van der Waals surface area contributed by atoms with Crippen molar-refractivity contribution in [2.24, 2.45) is 0 Å². The molecule has 8 nitrogen and oxygen atoms in total. The van der Waals surface area contributed by atoms with Crippen LogP contribution in [0.5, 0.6) is 17.2 Å². The third-order valence-electron chi connectivity index (χ3n) is 4.94.